The van der Waals surface area contributed by atoms with Crippen molar-refractivity contribution in [3.63, 3.8) is 0 Å². The van der Waals surface area contributed by atoms with Gasteiger partial charge in [-0.25, -0.2) is 0 Å². The standard InChI is InChI=1S/C16H22INO/c17-14-3-1-13(2-4-14)11-16(7-9-19-10-8-16)12-18-15-5-6-15/h1-4,15,18H,5-12H2. The molecule has 19 heavy (non-hydrogen) atoms. The lowest BCUT2D eigenvalue weighted by molar-refractivity contribution is 0.0147. The molecule has 1 heterocycles. The Morgan fingerprint density at radius 2 is 1.84 bits per heavy atom. The highest BCUT2D eigenvalue weighted by Gasteiger charge is 2.34. The second-order valence-electron chi connectivity index (χ2n) is 6.07. The van der Waals surface area contributed by atoms with Gasteiger partial charge in [-0.3, -0.25) is 0 Å². The van der Waals surface area contributed by atoms with Crippen LogP contribution in [-0.4, -0.2) is 25.8 Å². The predicted molar refractivity (Wildman–Crippen MR) is 86.4 cm³/mol. The Hall–Kier alpha value is -0.130. The van der Waals surface area contributed by atoms with Crippen molar-refractivity contribution in [2.45, 2.75) is 38.1 Å². The molecule has 1 saturated carbocycles. The van der Waals surface area contributed by atoms with Crippen LogP contribution < -0.4 is 5.32 Å². The Morgan fingerprint density at radius 3 is 2.47 bits per heavy atom. The maximum absolute atomic E-state index is 5.58. The number of rotatable bonds is 5. The van der Waals surface area contributed by atoms with Gasteiger partial charge in [-0.1, -0.05) is 12.1 Å². The van der Waals surface area contributed by atoms with Gasteiger partial charge < -0.3 is 10.1 Å². The van der Waals surface area contributed by atoms with Gasteiger partial charge in [0.25, 0.3) is 0 Å². The zero-order chi connectivity index (χ0) is 13.1. The van der Waals surface area contributed by atoms with Gasteiger partial charge in [0.05, 0.1) is 0 Å². The molecule has 0 unspecified atom stereocenters. The maximum Gasteiger partial charge on any atom is 0.0471 e. The lowest BCUT2D eigenvalue weighted by Gasteiger charge is -2.38. The molecular formula is C16H22INO. The van der Waals surface area contributed by atoms with Crippen LogP contribution in [-0.2, 0) is 11.2 Å². The molecule has 2 aliphatic rings. The van der Waals surface area contributed by atoms with Crippen LogP contribution in [0.2, 0.25) is 0 Å². The zero-order valence-electron chi connectivity index (χ0n) is 11.3. The molecule has 1 saturated heterocycles. The van der Waals surface area contributed by atoms with Crippen LogP contribution in [0.25, 0.3) is 0 Å². The third kappa shape index (κ3) is 3.92. The van der Waals surface area contributed by atoms with E-state index < -0.39 is 0 Å². The Kier molecular flexibility index (Phi) is 4.44. The molecule has 2 fully saturated rings. The molecule has 1 aromatic carbocycles. The molecule has 1 aliphatic carbocycles. The minimum absolute atomic E-state index is 0.410. The van der Waals surface area contributed by atoms with E-state index in [0.29, 0.717) is 5.41 Å². The number of hydrogen-bond donors (Lipinski definition) is 1. The van der Waals surface area contributed by atoms with Crippen LogP contribution in [0.15, 0.2) is 24.3 Å². The van der Waals surface area contributed by atoms with Crippen LogP contribution in [0.4, 0.5) is 0 Å². The van der Waals surface area contributed by atoms with Crippen LogP contribution >= 0.6 is 22.6 Å². The summed E-state index contributed by atoms with van der Waals surface area (Å²) in [5, 5.41) is 3.74. The first-order valence-corrected chi connectivity index (χ1v) is 8.39. The average Bonchev–Trinajstić information content (AvgIpc) is 3.25. The van der Waals surface area contributed by atoms with E-state index in [2.05, 4.69) is 52.2 Å². The smallest absolute Gasteiger partial charge is 0.0471 e. The Bertz CT molecular complexity index is 407. The van der Waals surface area contributed by atoms with E-state index in [1.165, 1.54) is 41.2 Å². The number of halogens is 1. The largest absolute Gasteiger partial charge is 0.381 e. The highest BCUT2D eigenvalue weighted by atomic mass is 127. The van der Waals surface area contributed by atoms with Crippen molar-refractivity contribution in [1.82, 2.24) is 5.32 Å². The predicted octanol–water partition coefficient (Wildman–Crippen LogP) is 3.38. The van der Waals surface area contributed by atoms with Gasteiger partial charge in [0.15, 0.2) is 0 Å². The molecule has 0 amide bonds. The van der Waals surface area contributed by atoms with Crippen LogP contribution in [0.5, 0.6) is 0 Å². The molecule has 1 aliphatic heterocycles. The summed E-state index contributed by atoms with van der Waals surface area (Å²) >= 11 is 2.37. The molecule has 0 spiro atoms. The minimum atomic E-state index is 0.410. The van der Waals surface area contributed by atoms with Crippen molar-refractivity contribution < 1.29 is 4.74 Å². The van der Waals surface area contributed by atoms with Gasteiger partial charge in [0.2, 0.25) is 0 Å². The third-order valence-corrected chi connectivity index (χ3v) is 5.11. The summed E-state index contributed by atoms with van der Waals surface area (Å²) in [5.74, 6) is 0. The molecule has 3 rings (SSSR count). The van der Waals surface area contributed by atoms with Crippen LogP contribution in [0, 0.1) is 8.99 Å². The topological polar surface area (TPSA) is 21.3 Å². The maximum atomic E-state index is 5.58. The summed E-state index contributed by atoms with van der Waals surface area (Å²) in [5.41, 5.74) is 1.88. The number of ether oxygens (including phenoxy) is 1. The second kappa shape index (κ2) is 6.10. The highest BCUT2D eigenvalue weighted by Crippen LogP contribution is 2.35. The van der Waals surface area contributed by atoms with E-state index in [0.717, 1.165) is 25.8 Å². The average molecular weight is 371 g/mol. The van der Waals surface area contributed by atoms with E-state index in [4.69, 9.17) is 4.74 Å². The molecule has 0 atom stereocenters. The van der Waals surface area contributed by atoms with Crippen molar-refractivity contribution in [1.29, 1.82) is 0 Å². The lowest BCUT2D eigenvalue weighted by Crippen LogP contribution is -2.41. The van der Waals surface area contributed by atoms with E-state index in [1.807, 2.05) is 0 Å². The van der Waals surface area contributed by atoms with Gasteiger partial charge in [-0.05, 0) is 77.8 Å². The fourth-order valence-electron chi connectivity index (χ4n) is 2.90. The van der Waals surface area contributed by atoms with Crippen LogP contribution in [0.3, 0.4) is 0 Å². The molecule has 104 valence electrons. The summed E-state index contributed by atoms with van der Waals surface area (Å²) < 4.78 is 6.89. The molecule has 2 nitrogen and oxygen atoms in total. The van der Waals surface area contributed by atoms with Gasteiger partial charge in [0, 0.05) is 29.4 Å². The van der Waals surface area contributed by atoms with Gasteiger partial charge in [-0.15, -0.1) is 0 Å². The Balaban J connectivity index is 1.68. The highest BCUT2D eigenvalue weighted by molar-refractivity contribution is 14.1. The quantitative estimate of drug-likeness (QED) is 0.802. The lowest BCUT2D eigenvalue weighted by atomic mass is 9.75. The molecular weight excluding hydrogens is 349 g/mol. The molecule has 1 aromatic rings. The summed E-state index contributed by atoms with van der Waals surface area (Å²) in [6.45, 7) is 3.01. The zero-order valence-corrected chi connectivity index (χ0v) is 13.5. The first-order chi connectivity index (χ1) is 9.26. The van der Waals surface area contributed by atoms with Crippen LogP contribution in [0.1, 0.15) is 31.2 Å². The Labute approximate surface area is 129 Å². The van der Waals surface area contributed by atoms with E-state index >= 15 is 0 Å². The van der Waals surface area contributed by atoms with Crippen molar-refractivity contribution in [2.75, 3.05) is 19.8 Å². The summed E-state index contributed by atoms with van der Waals surface area (Å²) in [6.07, 6.45) is 6.32. The van der Waals surface area contributed by atoms with Gasteiger partial charge in [-0.2, -0.15) is 0 Å². The molecule has 0 bridgehead atoms. The van der Waals surface area contributed by atoms with E-state index in [9.17, 15) is 0 Å². The van der Waals surface area contributed by atoms with Crippen molar-refractivity contribution >= 4 is 22.6 Å². The summed E-state index contributed by atoms with van der Waals surface area (Å²) in [7, 11) is 0. The van der Waals surface area contributed by atoms with E-state index in [1.54, 1.807) is 0 Å². The van der Waals surface area contributed by atoms with Gasteiger partial charge in [0.1, 0.15) is 0 Å². The first-order valence-electron chi connectivity index (χ1n) is 7.31. The van der Waals surface area contributed by atoms with Gasteiger partial charge >= 0.3 is 0 Å². The molecule has 0 radical (unpaired) electrons. The van der Waals surface area contributed by atoms with E-state index in [-0.39, 0.29) is 0 Å². The normalized spacial score (nSPS) is 22.4. The minimum Gasteiger partial charge on any atom is -0.381 e. The summed E-state index contributed by atoms with van der Waals surface area (Å²) in [6, 6.07) is 9.82. The number of nitrogens with one attached hydrogen (secondary N) is 1. The molecule has 3 heteroatoms. The second-order valence-corrected chi connectivity index (χ2v) is 7.32. The summed E-state index contributed by atoms with van der Waals surface area (Å²) in [4.78, 5) is 0. The first kappa shape index (κ1) is 13.8. The van der Waals surface area contributed by atoms with Crippen molar-refractivity contribution in [2.24, 2.45) is 5.41 Å². The fourth-order valence-corrected chi connectivity index (χ4v) is 3.26. The molecule has 0 aromatic heterocycles. The van der Waals surface area contributed by atoms with Crippen molar-refractivity contribution in [3.05, 3.63) is 33.4 Å². The number of benzene rings is 1. The monoisotopic (exact) mass is 371 g/mol. The SMILES string of the molecule is Ic1ccc(CC2(CNC3CC3)CCOCC2)cc1. The number of hydrogen-bond acceptors (Lipinski definition) is 2. The molecule has 1 N–H and O–H groups in total. The van der Waals surface area contributed by atoms with Crippen molar-refractivity contribution in [3.8, 4) is 0 Å². The Morgan fingerprint density at radius 1 is 1.16 bits per heavy atom. The fraction of sp³-hybridized carbons (Fsp3) is 0.625. The third-order valence-electron chi connectivity index (χ3n) is 4.39.